The van der Waals surface area contributed by atoms with E-state index >= 15 is 0 Å². The molecule has 2 aromatic rings. The third-order valence-electron chi connectivity index (χ3n) is 4.15. The number of nitrogens with zero attached hydrogens (tertiary/aromatic N) is 2. The Morgan fingerprint density at radius 1 is 1.00 bits per heavy atom. The van der Waals surface area contributed by atoms with Crippen LogP contribution < -0.4 is 10.2 Å². The minimum atomic E-state index is -0.217. The standard InChI is InChI=1S/C18H20FN3O/c1-14-6-2-4-8-16(14)20-18(23)22-12-10-21(11-13-22)17-9-5-3-7-15(17)19/h2-9H,10-13H2,1H3,(H,20,23). The van der Waals surface area contributed by atoms with E-state index < -0.39 is 0 Å². The molecular weight excluding hydrogens is 293 g/mol. The van der Waals surface area contributed by atoms with Crippen molar-refractivity contribution in [3.63, 3.8) is 0 Å². The van der Waals surface area contributed by atoms with Gasteiger partial charge >= 0.3 is 6.03 Å². The van der Waals surface area contributed by atoms with E-state index in [1.165, 1.54) is 6.07 Å². The molecule has 0 saturated carbocycles. The highest BCUT2D eigenvalue weighted by Gasteiger charge is 2.22. The zero-order chi connectivity index (χ0) is 16.2. The molecule has 1 aliphatic rings. The second-order valence-electron chi connectivity index (χ2n) is 5.67. The molecule has 2 aromatic carbocycles. The van der Waals surface area contributed by atoms with Gasteiger partial charge in [0.1, 0.15) is 5.82 Å². The molecular formula is C18H20FN3O. The normalized spacial score (nSPS) is 14.7. The maximum Gasteiger partial charge on any atom is 0.321 e. The van der Waals surface area contributed by atoms with E-state index in [0.29, 0.717) is 31.9 Å². The summed E-state index contributed by atoms with van der Waals surface area (Å²) >= 11 is 0. The molecule has 0 unspecified atom stereocenters. The average molecular weight is 313 g/mol. The lowest BCUT2D eigenvalue weighted by Gasteiger charge is -2.36. The number of amides is 2. The van der Waals surface area contributed by atoms with Crippen molar-refractivity contribution in [2.45, 2.75) is 6.92 Å². The van der Waals surface area contributed by atoms with Crippen LogP contribution in [-0.4, -0.2) is 37.1 Å². The first-order valence-electron chi connectivity index (χ1n) is 7.76. The van der Waals surface area contributed by atoms with Crippen LogP contribution in [0.3, 0.4) is 0 Å². The number of halogens is 1. The van der Waals surface area contributed by atoms with Crippen LogP contribution >= 0.6 is 0 Å². The SMILES string of the molecule is Cc1ccccc1NC(=O)N1CCN(c2ccccc2F)CC1. The zero-order valence-electron chi connectivity index (χ0n) is 13.1. The van der Waals surface area contributed by atoms with Gasteiger partial charge < -0.3 is 15.1 Å². The first-order chi connectivity index (χ1) is 11.1. The summed E-state index contributed by atoms with van der Waals surface area (Å²) in [6.07, 6.45) is 0. The summed E-state index contributed by atoms with van der Waals surface area (Å²) in [5.74, 6) is -0.217. The number of carbonyl (C=O) groups is 1. The first-order valence-corrected chi connectivity index (χ1v) is 7.76. The van der Waals surface area contributed by atoms with E-state index in [2.05, 4.69) is 5.32 Å². The highest BCUT2D eigenvalue weighted by Crippen LogP contribution is 2.20. The average Bonchev–Trinajstić information content (AvgIpc) is 2.57. The number of carbonyl (C=O) groups excluding carboxylic acids is 1. The summed E-state index contributed by atoms with van der Waals surface area (Å²) in [5, 5.41) is 2.94. The number of rotatable bonds is 2. The molecule has 1 fully saturated rings. The Morgan fingerprint density at radius 2 is 1.65 bits per heavy atom. The molecule has 1 heterocycles. The van der Waals surface area contributed by atoms with Crippen LogP contribution in [0.15, 0.2) is 48.5 Å². The number of para-hydroxylation sites is 2. The smallest absolute Gasteiger partial charge is 0.321 e. The number of benzene rings is 2. The Morgan fingerprint density at radius 3 is 2.35 bits per heavy atom. The van der Waals surface area contributed by atoms with Gasteiger partial charge in [0.05, 0.1) is 5.69 Å². The van der Waals surface area contributed by atoms with Gasteiger partial charge in [0.25, 0.3) is 0 Å². The minimum Gasteiger partial charge on any atom is -0.366 e. The summed E-state index contributed by atoms with van der Waals surface area (Å²) in [4.78, 5) is 16.1. The van der Waals surface area contributed by atoms with Gasteiger partial charge in [0.2, 0.25) is 0 Å². The van der Waals surface area contributed by atoms with E-state index in [9.17, 15) is 9.18 Å². The van der Waals surface area contributed by atoms with Crippen molar-refractivity contribution in [3.8, 4) is 0 Å². The van der Waals surface area contributed by atoms with E-state index in [1.807, 2.05) is 42.2 Å². The fourth-order valence-corrected chi connectivity index (χ4v) is 2.77. The van der Waals surface area contributed by atoms with Gasteiger partial charge in [-0.05, 0) is 30.7 Å². The molecule has 1 aliphatic heterocycles. The van der Waals surface area contributed by atoms with Crippen molar-refractivity contribution >= 4 is 17.4 Å². The number of aryl methyl sites for hydroxylation is 1. The highest BCUT2D eigenvalue weighted by molar-refractivity contribution is 5.90. The Hall–Kier alpha value is -2.56. The Bertz CT molecular complexity index is 696. The fourth-order valence-electron chi connectivity index (χ4n) is 2.77. The summed E-state index contributed by atoms with van der Waals surface area (Å²) in [6.45, 7) is 4.37. The number of hydrogen-bond acceptors (Lipinski definition) is 2. The summed E-state index contributed by atoms with van der Waals surface area (Å²) in [7, 11) is 0. The topological polar surface area (TPSA) is 35.6 Å². The Kier molecular flexibility index (Phi) is 4.46. The summed E-state index contributed by atoms with van der Waals surface area (Å²) in [5.41, 5.74) is 2.46. The Labute approximate surface area is 135 Å². The fraction of sp³-hybridized carbons (Fsp3) is 0.278. The molecule has 0 atom stereocenters. The maximum atomic E-state index is 13.8. The first kappa shape index (κ1) is 15.3. The van der Waals surface area contributed by atoms with Crippen molar-refractivity contribution in [2.24, 2.45) is 0 Å². The van der Waals surface area contributed by atoms with Crippen LogP contribution in [0.4, 0.5) is 20.6 Å². The minimum absolute atomic E-state index is 0.104. The molecule has 0 radical (unpaired) electrons. The van der Waals surface area contributed by atoms with Gasteiger partial charge in [0, 0.05) is 31.9 Å². The van der Waals surface area contributed by atoms with Crippen LogP contribution in [0, 0.1) is 12.7 Å². The number of nitrogens with one attached hydrogen (secondary N) is 1. The number of piperazine rings is 1. The second kappa shape index (κ2) is 6.69. The van der Waals surface area contributed by atoms with E-state index in [-0.39, 0.29) is 11.8 Å². The molecule has 0 aliphatic carbocycles. The number of urea groups is 1. The molecule has 4 nitrogen and oxygen atoms in total. The van der Waals surface area contributed by atoms with Crippen molar-refractivity contribution in [2.75, 3.05) is 36.4 Å². The third kappa shape index (κ3) is 3.44. The lowest BCUT2D eigenvalue weighted by molar-refractivity contribution is 0.208. The summed E-state index contributed by atoms with van der Waals surface area (Å²) < 4.78 is 13.8. The molecule has 1 saturated heterocycles. The van der Waals surface area contributed by atoms with Crippen molar-refractivity contribution < 1.29 is 9.18 Å². The molecule has 120 valence electrons. The van der Waals surface area contributed by atoms with E-state index in [4.69, 9.17) is 0 Å². The predicted molar refractivity (Wildman–Crippen MR) is 90.4 cm³/mol. The van der Waals surface area contributed by atoms with Gasteiger partial charge in [-0.25, -0.2) is 9.18 Å². The Balaban J connectivity index is 1.60. The number of hydrogen-bond donors (Lipinski definition) is 1. The van der Waals surface area contributed by atoms with Crippen molar-refractivity contribution in [3.05, 3.63) is 59.9 Å². The van der Waals surface area contributed by atoms with Crippen LogP contribution in [0.2, 0.25) is 0 Å². The van der Waals surface area contributed by atoms with Crippen LogP contribution in [0.25, 0.3) is 0 Å². The van der Waals surface area contributed by atoms with Gasteiger partial charge in [0.15, 0.2) is 0 Å². The van der Waals surface area contributed by atoms with Crippen LogP contribution in [0.5, 0.6) is 0 Å². The number of anilines is 2. The van der Waals surface area contributed by atoms with E-state index in [0.717, 1.165) is 11.3 Å². The van der Waals surface area contributed by atoms with Crippen molar-refractivity contribution in [1.82, 2.24) is 4.90 Å². The molecule has 0 spiro atoms. The molecule has 0 bridgehead atoms. The van der Waals surface area contributed by atoms with Gasteiger partial charge in [-0.3, -0.25) is 0 Å². The van der Waals surface area contributed by atoms with Crippen molar-refractivity contribution in [1.29, 1.82) is 0 Å². The van der Waals surface area contributed by atoms with Gasteiger partial charge in [-0.15, -0.1) is 0 Å². The quantitative estimate of drug-likeness (QED) is 0.921. The highest BCUT2D eigenvalue weighted by atomic mass is 19.1. The third-order valence-corrected chi connectivity index (χ3v) is 4.15. The maximum absolute atomic E-state index is 13.8. The molecule has 3 rings (SSSR count). The molecule has 5 heteroatoms. The molecule has 0 aromatic heterocycles. The van der Waals surface area contributed by atoms with Crippen LogP contribution in [-0.2, 0) is 0 Å². The largest absolute Gasteiger partial charge is 0.366 e. The molecule has 1 N–H and O–H groups in total. The van der Waals surface area contributed by atoms with Gasteiger partial charge in [-0.2, -0.15) is 0 Å². The lowest BCUT2D eigenvalue weighted by atomic mass is 10.2. The predicted octanol–water partition coefficient (Wildman–Crippen LogP) is 3.49. The molecule has 2 amide bonds. The zero-order valence-corrected chi connectivity index (χ0v) is 13.1. The van der Waals surface area contributed by atoms with Crippen LogP contribution in [0.1, 0.15) is 5.56 Å². The monoisotopic (exact) mass is 313 g/mol. The summed E-state index contributed by atoms with van der Waals surface area (Å²) in [6, 6.07) is 14.4. The second-order valence-corrected chi connectivity index (χ2v) is 5.67. The van der Waals surface area contributed by atoms with Gasteiger partial charge in [-0.1, -0.05) is 30.3 Å². The molecule has 23 heavy (non-hydrogen) atoms. The lowest BCUT2D eigenvalue weighted by Crippen LogP contribution is -2.50. The van der Waals surface area contributed by atoms with E-state index in [1.54, 1.807) is 17.0 Å².